The van der Waals surface area contributed by atoms with E-state index in [0.29, 0.717) is 54.1 Å². The second-order valence-electron chi connectivity index (χ2n) is 6.49. The minimum atomic E-state index is -0.149. The van der Waals surface area contributed by atoms with Gasteiger partial charge in [-0.05, 0) is 49.4 Å². The molecule has 1 aliphatic rings. The molecule has 1 fully saturated rings. The fourth-order valence-corrected chi connectivity index (χ4v) is 3.49. The van der Waals surface area contributed by atoms with E-state index in [4.69, 9.17) is 32.7 Å². The summed E-state index contributed by atoms with van der Waals surface area (Å²) in [5, 5.41) is 0.859. The molecule has 0 spiro atoms. The fraction of sp³-hybridized carbons (Fsp3) is 0.333. The molecule has 0 aromatic heterocycles. The highest BCUT2D eigenvalue weighted by Gasteiger charge is 2.25. The monoisotopic (exact) mass is 436 g/mol. The smallest absolute Gasteiger partial charge is 0.260 e. The average molecular weight is 437 g/mol. The van der Waals surface area contributed by atoms with Gasteiger partial charge in [-0.15, -0.1) is 0 Å². The lowest BCUT2D eigenvalue weighted by atomic mass is 10.1. The first kappa shape index (κ1) is 21.3. The third-order valence-corrected chi connectivity index (χ3v) is 5.11. The highest BCUT2D eigenvalue weighted by Crippen LogP contribution is 2.27. The average Bonchev–Trinajstić information content (AvgIpc) is 2.73. The number of carbonyl (C=O) groups excluding carboxylic acids is 2. The lowest BCUT2D eigenvalue weighted by molar-refractivity contribution is -0.134. The molecule has 0 radical (unpaired) electrons. The van der Waals surface area contributed by atoms with Crippen molar-refractivity contribution in [1.82, 2.24) is 9.80 Å². The first-order valence-electron chi connectivity index (χ1n) is 9.35. The Bertz CT molecular complexity index is 865. The molecule has 0 atom stereocenters. The Labute approximate surface area is 179 Å². The molecule has 0 aliphatic carbocycles. The van der Waals surface area contributed by atoms with Crippen LogP contribution in [0.4, 0.5) is 0 Å². The lowest BCUT2D eigenvalue weighted by Gasteiger charge is -2.34. The summed E-state index contributed by atoms with van der Waals surface area (Å²) in [5.41, 5.74) is 0.606. The fourth-order valence-electron chi connectivity index (χ4n) is 3.02. The van der Waals surface area contributed by atoms with Gasteiger partial charge in [-0.25, -0.2) is 0 Å². The van der Waals surface area contributed by atoms with Crippen LogP contribution >= 0.6 is 23.2 Å². The molecule has 2 aromatic rings. The van der Waals surface area contributed by atoms with Crippen molar-refractivity contribution in [3.63, 3.8) is 0 Å². The van der Waals surface area contributed by atoms with Crippen LogP contribution in [0, 0.1) is 0 Å². The number of amides is 2. The molecule has 8 heteroatoms. The van der Waals surface area contributed by atoms with Gasteiger partial charge in [0.1, 0.15) is 11.5 Å². The van der Waals surface area contributed by atoms with E-state index >= 15 is 0 Å². The molecule has 0 N–H and O–H groups in total. The first-order chi connectivity index (χ1) is 14.0. The highest BCUT2D eigenvalue weighted by molar-refractivity contribution is 6.35. The zero-order valence-electron chi connectivity index (χ0n) is 16.1. The number of hydrogen-bond acceptors (Lipinski definition) is 4. The summed E-state index contributed by atoms with van der Waals surface area (Å²) >= 11 is 11.9. The number of benzene rings is 2. The van der Waals surface area contributed by atoms with E-state index in [0.717, 1.165) is 5.75 Å². The van der Waals surface area contributed by atoms with E-state index in [1.54, 1.807) is 52.3 Å². The molecule has 29 heavy (non-hydrogen) atoms. The number of nitrogens with zero attached hydrogens (tertiary/aromatic N) is 2. The SMILES string of the molecule is CCOc1ccc(C(=O)N2CCN(C(=O)COc3ccc(Cl)cc3Cl)CC2)cc1. The van der Waals surface area contributed by atoms with E-state index < -0.39 is 0 Å². The number of carbonyl (C=O) groups is 2. The Morgan fingerprint density at radius 2 is 1.59 bits per heavy atom. The predicted octanol–water partition coefficient (Wildman–Crippen LogP) is 3.76. The summed E-state index contributed by atoms with van der Waals surface area (Å²) in [6.45, 7) is 4.23. The van der Waals surface area contributed by atoms with Gasteiger partial charge in [0, 0.05) is 36.8 Å². The maximum atomic E-state index is 12.7. The second kappa shape index (κ2) is 9.85. The maximum Gasteiger partial charge on any atom is 0.260 e. The van der Waals surface area contributed by atoms with Crippen LogP contribution in [0.2, 0.25) is 10.0 Å². The van der Waals surface area contributed by atoms with Crippen molar-refractivity contribution < 1.29 is 19.1 Å². The van der Waals surface area contributed by atoms with Gasteiger partial charge in [0.05, 0.1) is 11.6 Å². The van der Waals surface area contributed by atoms with Gasteiger partial charge in [0.2, 0.25) is 0 Å². The molecule has 2 amide bonds. The molecule has 6 nitrogen and oxygen atoms in total. The van der Waals surface area contributed by atoms with Crippen LogP contribution in [-0.4, -0.2) is 61.0 Å². The number of hydrogen-bond donors (Lipinski definition) is 0. The Balaban J connectivity index is 1.49. The van der Waals surface area contributed by atoms with E-state index in [2.05, 4.69) is 0 Å². The minimum Gasteiger partial charge on any atom is -0.494 e. The molecule has 1 saturated heterocycles. The van der Waals surface area contributed by atoms with Crippen molar-refractivity contribution in [2.24, 2.45) is 0 Å². The van der Waals surface area contributed by atoms with Crippen LogP contribution in [0.15, 0.2) is 42.5 Å². The predicted molar refractivity (Wildman–Crippen MR) is 112 cm³/mol. The van der Waals surface area contributed by atoms with Crippen LogP contribution in [0.3, 0.4) is 0 Å². The summed E-state index contributed by atoms with van der Waals surface area (Å²) in [4.78, 5) is 28.5. The molecule has 2 aromatic carbocycles. The number of ether oxygens (including phenoxy) is 2. The second-order valence-corrected chi connectivity index (χ2v) is 7.34. The lowest BCUT2D eigenvalue weighted by Crippen LogP contribution is -2.51. The van der Waals surface area contributed by atoms with Crippen LogP contribution in [0.5, 0.6) is 11.5 Å². The number of halogens is 2. The van der Waals surface area contributed by atoms with E-state index in [9.17, 15) is 9.59 Å². The van der Waals surface area contributed by atoms with Crippen molar-refractivity contribution in [2.75, 3.05) is 39.4 Å². The third kappa shape index (κ3) is 5.55. The quantitative estimate of drug-likeness (QED) is 0.691. The standard InChI is InChI=1S/C21H22Cl2N2O4/c1-2-28-17-6-3-15(4-7-17)21(27)25-11-9-24(10-12-25)20(26)14-29-19-8-5-16(22)13-18(19)23/h3-8,13H,2,9-12,14H2,1H3. The number of rotatable bonds is 6. The Morgan fingerprint density at radius 1 is 0.931 bits per heavy atom. The van der Waals surface area contributed by atoms with Crippen molar-refractivity contribution in [2.45, 2.75) is 6.92 Å². The summed E-state index contributed by atoms with van der Waals surface area (Å²) in [6.07, 6.45) is 0. The Morgan fingerprint density at radius 3 is 2.21 bits per heavy atom. The summed E-state index contributed by atoms with van der Waals surface area (Å²) < 4.78 is 10.9. The molecular weight excluding hydrogens is 415 g/mol. The van der Waals surface area contributed by atoms with Gasteiger partial charge < -0.3 is 19.3 Å². The topological polar surface area (TPSA) is 59.1 Å². The molecule has 0 bridgehead atoms. The van der Waals surface area contributed by atoms with Gasteiger partial charge >= 0.3 is 0 Å². The first-order valence-corrected chi connectivity index (χ1v) is 10.1. The van der Waals surface area contributed by atoms with Crippen LogP contribution in [0.25, 0.3) is 0 Å². The summed E-state index contributed by atoms with van der Waals surface area (Å²) in [5.74, 6) is 0.947. The highest BCUT2D eigenvalue weighted by atomic mass is 35.5. The molecule has 154 valence electrons. The molecule has 1 heterocycles. The Kier molecular flexibility index (Phi) is 7.23. The molecule has 1 aliphatic heterocycles. The summed E-state index contributed by atoms with van der Waals surface area (Å²) in [6, 6.07) is 11.9. The van der Waals surface area contributed by atoms with Crippen molar-refractivity contribution >= 4 is 35.0 Å². The zero-order chi connectivity index (χ0) is 20.8. The van der Waals surface area contributed by atoms with Crippen LogP contribution in [0.1, 0.15) is 17.3 Å². The Hall–Kier alpha value is -2.44. The largest absolute Gasteiger partial charge is 0.494 e. The molecule has 0 saturated carbocycles. The molecule has 3 rings (SSSR count). The van der Waals surface area contributed by atoms with E-state index in [1.807, 2.05) is 6.92 Å². The van der Waals surface area contributed by atoms with Gasteiger partial charge in [0.25, 0.3) is 11.8 Å². The van der Waals surface area contributed by atoms with Gasteiger partial charge in [-0.2, -0.15) is 0 Å². The third-order valence-electron chi connectivity index (χ3n) is 4.58. The van der Waals surface area contributed by atoms with Gasteiger partial charge in [0.15, 0.2) is 6.61 Å². The van der Waals surface area contributed by atoms with Crippen molar-refractivity contribution in [3.8, 4) is 11.5 Å². The maximum absolute atomic E-state index is 12.7. The van der Waals surface area contributed by atoms with Crippen LogP contribution < -0.4 is 9.47 Å². The zero-order valence-corrected chi connectivity index (χ0v) is 17.6. The minimum absolute atomic E-state index is 0.0515. The van der Waals surface area contributed by atoms with Crippen molar-refractivity contribution in [3.05, 3.63) is 58.1 Å². The summed E-state index contributed by atoms with van der Waals surface area (Å²) in [7, 11) is 0. The van der Waals surface area contributed by atoms with Crippen molar-refractivity contribution in [1.29, 1.82) is 0 Å². The molecular formula is C21H22Cl2N2O4. The van der Waals surface area contributed by atoms with E-state index in [1.165, 1.54) is 0 Å². The molecule has 0 unspecified atom stereocenters. The van der Waals surface area contributed by atoms with Gasteiger partial charge in [-0.1, -0.05) is 23.2 Å². The normalized spacial score (nSPS) is 13.9. The van der Waals surface area contributed by atoms with E-state index in [-0.39, 0.29) is 18.4 Å². The van der Waals surface area contributed by atoms with Gasteiger partial charge in [-0.3, -0.25) is 9.59 Å². The number of piperazine rings is 1. The van der Waals surface area contributed by atoms with Crippen LogP contribution in [-0.2, 0) is 4.79 Å².